The molecule has 0 aliphatic carbocycles. The van der Waals surface area contributed by atoms with E-state index in [1.807, 2.05) is 6.07 Å². The number of alkyl halides is 2. The first-order valence-electron chi connectivity index (χ1n) is 6.78. The maximum atomic E-state index is 12.4. The Labute approximate surface area is 134 Å². The highest BCUT2D eigenvalue weighted by molar-refractivity contribution is 5.85. The molecular formula is C14H21ClF2N2O3. The third-order valence-electron chi connectivity index (χ3n) is 3.34. The number of benzene rings is 1. The third-order valence-corrected chi connectivity index (χ3v) is 3.34. The highest BCUT2D eigenvalue weighted by Gasteiger charge is 2.20. The van der Waals surface area contributed by atoms with Crippen molar-refractivity contribution in [1.82, 2.24) is 4.90 Å². The van der Waals surface area contributed by atoms with Crippen LogP contribution in [0.15, 0.2) is 18.2 Å². The third kappa shape index (κ3) is 5.24. The maximum Gasteiger partial charge on any atom is 0.387 e. The second-order valence-corrected chi connectivity index (χ2v) is 4.83. The van der Waals surface area contributed by atoms with Crippen molar-refractivity contribution in [3.8, 4) is 11.5 Å². The summed E-state index contributed by atoms with van der Waals surface area (Å²) in [7, 11) is 1.42. The number of halogens is 3. The van der Waals surface area contributed by atoms with Gasteiger partial charge in [-0.3, -0.25) is 4.90 Å². The van der Waals surface area contributed by atoms with Gasteiger partial charge in [-0.2, -0.15) is 8.78 Å². The van der Waals surface area contributed by atoms with Crippen LogP contribution in [0.5, 0.6) is 11.5 Å². The highest BCUT2D eigenvalue weighted by atomic mass is 35.5. The minimum Gasteiger partial charge on any atom is -0.493 e. The molecule has 5 nitrogen and oxygen atoms in total. The lowest BCUT2D eigenvalue weighted by molar-refractivity contribution is -0.0513. The van der Waals surface area contributed by atoms with Gasteiger partial charge in [0.25, 0.3) is 0 Å². The molecule has 1 aliphatic rings. The summed E-state index contributed by atoms with van der Waals surface area (Å²) in [6, 6.07) is 5.05. The Morgan fingerprint density at radius 2 is 2.18 bits per heavy atom. The van der Waals surface area contributed by atoms with Crippen LogP contribution in [0.2, 0.25) is 0 Å². The Bertz CT molecular complexity index is 466. The Hall–Kier alpha value is -1.15. The second-order valence-electron chi connectivity index (χ2n) is 4.83. The van der Waals surface area contributed by atoms with Crippen LogP contribution in [0, 0.1) is 0 Å². The zero-order valence-electron chi connectivity index (χ0n) is 12.3. The van der Waals surface area contributed by atoms with Gasteiger partial charge in [-0.05, 0) is 17.7 Å². The number of ether oxygens (including phenoxy) is 3. The van der Waals surface area contributed by atoms with E-state index in [-0.39, 0.29) is 24.3 Å². The number of hydrogen-bond donors (Lipinski definition) is 1. The van der Waals surface area contributed by atoms with Crippen LogP contribution in [-0.4, -0.2) is 51.0 Å². The number of methoxy groups -OCH3 is 1. The first-order valence-corrected chi connectivity index (χ1v) is 6.78. The zero-order chi connectivity index (χ0) is 15.2. The first-order chi connectivity index (χ1) is 10.1. The van der Waals surface area contributed by atoms with E-state index in [4.69, 9.17) is 15.2 Å². The zero-order valence-corrected chi connectivity index (χ0v) is 13.2. The Balaban J connectivity index is 0.00000242. The van der Waals surface area contributed by atoms with E-state index in [2.05, 4.69) is 9.64 Å². The molecule has 1 heterocycles. The summed E-state index contributed by atoms with van der Waals surface area (Å²) >= 11 is 0. The molecule has 1 unspecified atom stereocenters. The van der Waals surface area contributed by atoms with Crippen molar-refractivity contribution in [1.29, 1.82) is 0 Å². The quantitative estimate of drug-likeness (QED) is 0.858. The fourth-order valence-corrected chi connectivity index (χ4v) is 2.33. The molecule has 0 aromatic heterocycles. The number of hydrogen-bond acceptors (Lipinski definition) is 5. The van der Waals surface area contributed by atoms with Crippen molar-refractivity contribution in [3.63, 3.8) is 0 Å². The molecule has 22 heavy (non-hydrogen) atoms. The summed E-state index contributed by atoms with van der Waals surface area (Å²) in [6.45, 7) is 0.362. The van der Waals surface area contributed by atoms with Gasteiger partial charge in [0.2, 0.25) is 0 Å². The van der Waals surface area contributed by atoms with E-state index < -0.39 is 6.61 Å². The summed E-state index contributed by atoms with van der Waals surface area (Å²) in [5.41, 5.74) is 6.48. The van der Waals surface area contributed by atoms with Crippen molar-refractivity contribution in [2.24, 2.45) is 5.73 Å². The molecule has 1 atom stereocenters. The Morgan fingerprint density at radius 3 is 2.82 bits per heavy atom. The van der Waals surface area contributed by atoms with Gasteiger partial charge >= 0.3 is 6.61 Å². The lowest BCUT2D eigenvalue weighted by Crippen LogP contribution is -2.45. The molecule has 0 amide bonds. The molecule has 0 radical (unpaired) electrons. The molecule has 0 spiro atoms. The van der Waals surface area contributed by atoms with Crippen molar-refractivity contribution < 1.29 is 23.0 Å². The standard InChI is InChI=1S/C14H20F2N2O3.ClH/c1-19-12-3-2-10(6-13(12)21-14(15)16)8-18-4-5-20-11(7-17)9-18;/h2-3,6,11,14H,4-5,7-9,17H2,1H3;1H. The van der Waals surface area contributed by atoms with Gasteiger partial charge in [0.05, 0.1) is 19.8 Å². The predicted molar refractivity (Wildman–Crippen MR) is 80.9 cm³/mol. The van der Waals surface area contributed by atoms with Crippen LogP contribution in [0.4, 0.5) is 8.78 Å². The van der Waals surface area contributed by atoms with Crippen LogP contribution in [0.25, 0.3) is 0 Å². The number of nitrogens with zero attached hydrogens (tertiary/aromatic N) is 1. The van der Waals surface area contributed by atoms with Crippen LogP contribution in [-0.2, 0) is 11.3 Å². The minimum absolute atomic E-state index is 0. The molecule has 1 aromatic rings. The molecule has 8 heteroatoms. The van der Waals surface area contributed by atoms with E-state index in [1.54, 1.807) is 12.1 Å². The van der Waals surface area contributed by atoms with Gasteiger partial charge in [-0.1, -0.05) is 6.07 Å². The molecule has 1 saturated heterocycles. The van der Waals surface area contributed by atoms with Gasteiger partial charge in [0.1, 0.15) is 0 Å². The molecule has 2 rings (SSSR count). The van der Waals surface area contributed by atoms with E-state index in [9.17, 15) is 8.78 Å². The van der Waals surface area contributed by atoms with Crippen molar-refractivity contribution >= 4 is 12.4 Å². The topological polar surface area (TPSA) is 57.0 Å². The normalized spacial score (nSPS) is 18.9. The van der Waals surface area contributed by atoms with Gasteiger partial charge in [-0.15, -0.1) is 12.4 Å². The van der Waals surface area contributed by atoms with Crippen molar-refractivity contribution in [3.05, 3.63) is 23.8 Å². The van der Waals surface area contributed by atoms with Crippen molar-refractivity contribution in [2.45, 2.75) is 19.3 Å². The van der Waals surface area contributed by atoms with Gasteiger partial charge < -0.3 is 19.9 Å². The van der Waals surface area contributed by atoms with Crippen molar-refractivity contribution in [2.75, 3.05) is 33.4 Å². The molecule has 0 bridgehead atoms. The van der Waals surface area contributed by atoms with E-state index in [0.29, 0.717) is 25.4 Å². The largest absolute Gasteiger partial charge is 0.493 e. The first kappa shape index (κ1) is 18.9. The smallest absolute Gasteiger partial charge is 0.387 e. The molecule has 0 saturated carbocycles. The van der Waals surface area contributed by atoms with E-state index in [0.717, 1.165) is 18.7 Å². The lowest BCUT2D eigenvalue weighted by atomic mass is 10.1. The van der Waals surface area contributed by atoms with Gasteiger partial charge in [-0.25, -0.2) is 0 Å². The van der Waals surface area contributed by atoms with E-state index >= 15 is 0 Å². The predicted octanol–water partition coefficient (Wildman–Crippen LogP) is 1.88. The average molecular weight is 339 g/mol. The maximum absolute atomic E-state index is 12.4. The monoisotopic (exact) mass is 338 g/mol. The lowest BCUT2D eigenvalue weighted by Gasteiger charge is -2.32. The molecule has 2 N–H and O–H groups in total. The van der Waals surface area contributed by atoms with Crippen LogP contribution in [0.3, 0.4) is 0 Å². The van der Waals surface area contributed by atoms with Crippen LogP contribution < -0.4 is 15.2 Å². The fraction of sp³-hybridized carbons (Fsp3) is 0.571. The number of nitrogens with two attached hydrogens (primary N) is 1. The SMILES string of the molecule is COc1ccc(CN2CCOC(CN)C2)cc1OC(F)F.Cl. The van der Waals surface area contributed by atoms with Gasteiger partial charge in [0, 0.05) is 26.2 Å². The second kappa shape index (κ2) is 9.09. The van der Waals surface area contributed by atoms with E-state index in [1.165, 1.54) is 7.11 Å². The summed E-state index contributed by atoms with van der Waals surface area (Å²) in [5.74, 6) is 0.342. The molecule has 1 fully saturated rings. The Kier molecular flexibility index (Phi) is 7.81. The molecule has 1 aromatic carbocycles. The number of morpholine rings is 1. The summed E-state index contributed by atoms with van der Waals surface area (Å²) < 4.78 is 39.8. The van der Waals surface area contributed by atoms with Gasteiger partial charge in [0.15, 0.2) is 11.5 Å². The fourth-order valence-electron chi connectivity index (χ4n) is 2.33. The summed E-state index contributed by atoms with van der Waals surface area (Å²) in [6.07, 6.45) is 0.0220. The average Bonchev–Trinajstić information content (AvgIpc) is 2.47. The Morgan fingerprint density at radius 1 is 1.41 bits per heavy atom. The van der Waals surface area contributed by atoms with Crippen LogP contribution >= 0.6 is 12.4 Å². The molecular weight excluding hydrogens is 318 g/mol. The van der Waals surface area contributed by atoms with Crippen LogP contribution in [0.1, 0.15) is 5.56 Å². The number of rotatable bonds is 6. The summed E-state index contributed by atoms with van der Waals surface area (Å²) in [4.78, 5) is 2.18. The minimum atomic E-state index is -2.88. The molecule has 1 aliphatic heterocycles. The molecule has 126 valence electrons. The summed E-state index contributed by atoms with van der Waals surface area (Å²) in [5, 5.41) is 0. The highest BCUT2D eigenvalue weighted by Crippen LogP contribution is 2.30.